The van der Waals surface area contributed by atoms with Gasteiger partial charge in [-0.25, -0.2) is 9.78 Å². The van der Waals surface area contributed by atoms with Gasteiger partial charge in [-0.1, -0.05) is 30.3 Å². The molecule has 0 atom stereocenters. The highest BCUT2D eigenvalue weighted by Gasteiger charge is 2.21. The number of aromatic nitrogens is 2. The highest BCUT2D eigenvalue weighted by Crippen LogP contribution is 2.36. The van der Waals surface area contributed by atoms with E-state index in [4.69, 9.17) is 4.74 Å². The third-order valence-electron chi connectivity index (χ3n) is 4.36. The fraction of sp³-hybridized carbons (Fsp3) is 0.136. The van der Waals surface area contributed by atoms with E-state index in [2.05, 4.69) is 10.3 Å². The zero-order valence-corrected chi connectivity index (χ0v) is 16.8. The van der Waals surface area contributed by atoms with E-state index < -0.39 is 5.97 Å². The van der Waals surface area contributed by atoms with Gasteiger partial charge in [0.25, 0.3) is 5.91 Å². The number of rotatable bonds is 5. The Balaban J connectivity index is 1.67. The van der Waals surface area contributed by atoms with Crippen molar-refractivity contribution in [2.75, 3.05) is 11.9 Å². The maximum Gasteiger partial charge on any atom is 0.341 e. The van der Waals surface area contributed by atoms with Crippen LogP contribution >= 0.6 is 11.3 Å². The van der Waals surface area contributed by atoms with E-state index in [0.717, 1.165) is 16.0 Å². The first kappa shape index (κ1) is 18.9. The average Bonchev–Trinajstić information content (AvgIpc) is 3.33. The van der Waals surface area contributed by atoms with Crippen molar-refractivity contribution in [1.29, 1.82) is 0 Å². The molecule has 0 aliphatic rings. The molecular weight excluding hydrogens is 386 g/mol. The first-order chi connectivity index (χ1) is 14.0. The van der Waals surface area contributed by atoms with Gasteiger partial charge in [-0.15, -0.1) is 11.3 Å². The molecule has 0 aliphatic heterocycles. The van der Waals surface area contributed by atoms with Crippen molar-refractivity contribution < 1.29 is 14.3 Å². The van der Waals surface area contributed by atoms with Gasteiger partial charge in [0.1, 0.15) is 16.3 Å². The van der Waals surface area contributed by atoms with Gasteiger partial charge in [-0.2, -0.15) is 0 Å². The van der Waals surface area contributed by atoms with Crippen molar-refractivity contribution in [1.82, 2.24) is 9.38 Å². The minimum atomic E-state index is -0.466. The zero-order chi connectivity index (χ0) is 20.4. The lowest BCUT2D eigenvalue weighted by Gasteiger charge is -2.04. The Hall–Kier alpha value is -3.45. The van der Waals surface area contributed by atoms with Crippen LogP contribution in [0.15, 0.2) is 60.9 Å². The summed E-state index contributed by atoms with van der Waals surface area (Å²) in [5.41, 5.74) is 3.33. The van der Waals surface area contributed by atoms with Crippen LogP contribution in [0.25, 0.3) is 16.1 Å². The normalized spacial score (nSPS) is 10.8. The maximum atomic E-state index is 12.8. The summed E-state index contributed by atoms with van der Waals surface area (Å²) in [6, 6.07) is 15.3. The van der Waals surface area contributed by atoms with E-state index in [1.54, 1.807) is 23.6 Å². The van der Waals surface area contributed by atoms with Gasteiger partial charge >= 0.3 is 5.97 Å². The van der Waals surface area contributed by atoms with E-state index in [-0.39, 0.29) is 18.2 Å². The number of esters is 1. The van der Waals surface area contributed by atoms with Crippen LogP contribution in [-0.2, 0) is 4.74 Å². The number of amides is 1. The van der Waals surface area contributed by atoms with Crippen molar-refractivity contribution in [3.8, 4) is 10.4 Å². The molecule has 0 radical (unpaired) electrons. The van der Waals surface area contributed by atoms with Crippen molar-refractivity contribution in [3.63, 3.8) is 0 Å². The molecule has 1 N–H and O–H groups in total. The van der Waals surface area contributed by atoms with Crippen molar-refractivity contribution >= 4 is 33.9 Å². The number of nitrogens with one attached hydrogen (secondary N) is 1. The molecular formula is C22H19N3O3S. The van der Waals surface area contributed by atoms with Gasteiger partial charge in [0, 0.05) is 17.3 Å². The number of hydrogen-bond donors (Lipinski definition) is 1. The number of benzene rings is 1. The molecule has 0 unspecified atom stereocenters. The summed E-state index contributed by atoms with van der Waals surface area (Å²) in [7, 11) is 0. The second-order valence-electron chi connectivity index (χ2n) is 6.49. The predicted octanol–water partition coefficient (Wildman–Crippen LogP) is 4.80. The third kappa shape index (κ3) is 3.90. The van der Waals surface area contributed by atoms with Crippen LogP contribution in [0, 0.1) is 6.92 Å². The fourth-order valence-electron chi connectivity index (χ4n) is 2.95. The Morgan fingerprint density at radius 3 is 2.72 bits per heavy atom. The maximum absolute atomic E-state index is 12.8. The quantitative estimate of drug-likeness (QED) is 0.484. The van der Waals surface area contributed by atoms with Crippen LogP contribution in [0.5, 0.6) is 0 Å². The molecule has 0 bridgehead atoms. The van der Waals surface area contributed by atoms with Gasteiger partial charge in [-0.05, 0) is 43.2 Å². The summed E-state index contributed by atoms with van der Waals surface area (Å²) < 4.78 is 6.95. The summed E-state index contributed by atoms with van der Waals surface area (Å²) in [6.45, 7) is 3.98. The van der Waals surface area contributed by atoms with Gasteiger partial charge < -0.3 is 14.5 Å². The number of imidazole rings is 1. The lowest BCUT2D eigenvalue weighted by atomic mass is 10.1. The van der Waals surface area contributed by atoms with Crippen LogP contribution in [0.4, 0.5) is 5.00 Å². The molecule has 3 aromatic heterocycles. The SMILES string of the molecule is CCOC(=O)c1cc(-c2ccccc2)sc1NC(=O)c1cn2ccc(C)cc2n1. The fourth-order valence-corrected chi connectivity index (χ4v) is 4.00. The van der Waals surface area contributed by atoms with E-state index in [1.807, 2.05) is 55.6 Å². The first-order valence-corrected chi connectivity index (χ1v) is 10.00. The van der Waals surface area contributed by atoms with E-state index in [0.29, 0.717) is 16.2 Å². The largest absolute Gasteiger partial charge is 0.462 e. The second-order valence-corrected chi connectivity index (χ2v) is 7.54. The molecule has 1 amide bonds. The summed E-state index contributed by atoms with van der Waals surface area (Å²) >= 11 is 1.33. The molecule has 1 aromatic carbocycles. The summed E-state index contributed by atoms with van der Waals surface area (Å²) in [5.74, 6) is -0.842. The van der Waals surface area contributed by atoms with Crippen LogP contribution in [0.2, 0.25) is 0 Å². The number of nitrogens with zero attached hydrogens (tertiary/aromatic N) is 2. The Morgan fingerprint density at radius 2 is 1.97 bits per heavy atom. The molecule has 0 aliphatic carbocycles. The van der Waals surface area contributed by atoms with Gasteiger partial charge in [-0.3, -0.25) is 4.79 Å². The Morgan fingerprint density at radius 1 is 1.17 bits per heavy atom. The molecule has 4 aromatic rings. The molecule has 0 fully saturated rings. The molecule has 4 rings (SSSR count). The number of anilines is 1. The molecule has 7 heteroatoms. The van der Waals surface area contributed by atoms with Crippen LogP contribution < -0.4 is 5.32 Å². The average molecular weight is 405 g/mol. The van der Waals surface area contributed by atoms with Crippen LogP contribution in [-0.4, -0.2) is 27.9 Å². The number of carbonyl (C=O) groups is 2. The number of pyridine rings is 1. The number of ether oxygens (including phenoxy) is 1. The molecule has 3 heterocycles. The monoisotopic (exact) mass is 405 g/mol. The molecule has 146 valence electrons. The molecule has 29 heavy (non-hydrogen) atoms. The zero-order valence-electron chi connectivity index (χ0n) is 16.0. The first-order valence-electron chi connectivity index (χ1n) is 9.18. The van der Waals surface area contributed by atoms with Gasteiger partial charge in [0.05, 0.1) is 12.2 Å². The number of thiophene rings is 1. The minimum Gasteiger partial charge on any atom is -0.462 e. The van der Waals surface area contributed by atoms with E-state index in [1.165, 1.54) is 11.3 Å². The lowest BCUT2D eigenvalue weighted by molar-refractivity contribution is 0.0528. The standard InChI is InChI=1S/C22H19N3O3S/c1-3-28-22(27)16-12-18(15-7-5-4-6-8-15)29-21(16)24-20(26)17-13-25-10-9-14(2)11-19(25)23-17/h4-13H,3H2,1-2H3,(H,24,26). The highest BCUT2D eigenvalue weighted by atomic mass is 32.1. The lowest BCUT2D eigenvalue weighted by Crippen LogP contribution is -2.14. The van der Waals surface area contributed by atoms with Crippen LogP contribution in [0.1, 0.15) is 33.3 Å². The van der Waals surface area contributed by atoms with Gasteiger partial charge in [0.2, 0.25) is 0 Å². The topological polar surface area (TPSA) is 72.7 Å². The number of carbonyl (C=O) groups excluding carboxylic acids is 2. The smallest absolute Gasteiger partial charge is 0.341 e. The highest BCUT2D eigenvalue weighted by molar-refractivity contribution is 7.20. The molecule has 6 nitrogen and oxygen atoms in total. The van der Waals surface area contributed by atoms with Crippen LogP contribution in [0.3, 0.4) is 0 Å². The van der Waals surface area contributed by atoms with Crippen molar-refractivity contribution in [2.24, 2.45) is 0 Å². The van der Waals surface area contributed by atoms with Crippen molar-refractivity contribution in [2.45, 2.75) is 13.8 Å². The van der Waals surface area contributed by atoms with E-state index in [9.17, 15) is 9.59 Å². The second kappa shape index (κ2) is 7.89. The predicted molar refractivity (Wildman–Crippen MR) is 114 cm³/mol. The summed E-state index contributed by atoms with van der Waals surface area (Å²) in [5, 5.41) is 3.28. The Labute approximate surface area is 171 Å². The summed E-state index contributed by atoms with van der Waals surface area (Å²) in [4.78, 5) is 30.5. The van der Waals surface area contributed by atoms with Crippen molar-refractivity contribution in [3.05, 3.63) is 77.7 Å². The Bertz CT molecular complexity index is 1190. The van der Waals surface area contributed by atoms with Gasteiger partial charge in [0.15, 0.2) is 0 Å². The Kier molecular flexibility index (Phi) is 5.14. The number of fused-ring (bicyclic) bond motifs is 1. The summed E-state index contributed by atoms with van der Waals surface area (Å²) in [6.07, 6.45) is 3.52. The van der Waals surface area contributed by atoms with E-state index >= 15 is 0 Å². The number of hydrogen-bond acceptors (Lipinski definition) is 5. The minimum absolute atomic E-state index is 0.258. The third-order valence-corrected chi connectivity index (χ3v) is 5.46. The molecule has 0 saturated carbocycles. The molecule has 0 spiro atoms. The number of aryl methyl sites for hydroxylation is 1. The molecule has 0 saturated heterocycles.